The van der Waals surface area contributed by atoms with Crippen LogP contribution in [-0.4, -0.2) is 0 Å². The molecule has 0 spiro atoms. The van der Waals surface area contributed by atoms with Crippen LogP contribution in [0.25, 0.3) is 17.2 Å². The molecular formula is C17H14Cl3Zr. The monoisotopic (exact) mass is 413 g/mol. The topological polar surface area (TPSA) is 0 Å². The zero-order valence-corrected chi connectivity index (χ0v) is 16.3. The average Bonchev–Trinajstić information content (AvgIpc) is 2.85. The van der Waals surface area contributed by atoms with Gasteiger partial charge in [0, 0.05) is 0 Å². The van der Waals surface area contributed by atoms with Crippen LogP contribution in [0.4, 0.5) is 0 Å². The van der Waals surface area contributed by atoms with Gasteiger partial charge in [0.05, 0.1) is 0 Å². The zero-order valence-electron chi connectivity index (χ0n) is 11.5. The fraction of sp³-hybridized carbons (Fsp3) is 0.176. The third-order valence-corrected chi connectivity index (χ3v) is 9.48. The van der Waals surface area contributed by atoms with Crippen molar-refractivity contribution in [2.75, 3.05) is 0 Å². The summed E-state index contributed by atoms with van der Waals surface area (Å²) in [6.07, 6.45) is 3.28. The summed E-state index contributed by atoms with van der Waals surface area (Å²) in [6.45, 7) is 2.17. The van der Waals surface area contributed by atoms with E-state index >= 15 is 0 Å². The first-order chi connectivity index (χ1) is 10.1. The van der Waals surface area contributed by atoms with Crippen LogP contribution in [0.5, 0.6) is 0 Å². The summed E-state index contributed by atoms with van der Waals surface area (Å²) >= 11 is 3.75. The van der Waals surface area contributed by atoms with Gasteiger partial charge in [-0.1, -0.05) is 0 Å². The molecule has 3 rings (SSSR count). The Morgan fingerprint density at radius 1 is 1.10 bits per heavy atom. The van der Waals surface area contributed by atoms with E-state index in [1.807, 2.05) is 18.2 Å². The molecule has 1 aliphatic rings. The fourth-order valence-corrected chi connectivity index (χ4v) is 8.77. The van der Waals surface area contributed by atoms with Crippen molar-refractivity contribution in [3.05, 3.63) is 64.2 Å². The third kappa shape index (κ3) is 3.04. The van der Waals surface area contributed by atoms with E-state index in [4.69, 9.17) is 28.6 Å². The molecular weight excluding hydrogens is 402 g/mol. The number of rotatable bonds is 3. The molecule has 0 heterocycles. The van der Waals surface area contributed by atoms with Gasteiger partial charge >= 0.3 is 146 Å². The van der Waals surface area contributed by atoms with E-state index < -0.39 is 19.4 Å². The summed E-state index contributed by atoms with van der Waals surface area (Å²) in [7, 11) is 12.8. The van der Waals surface area contributed by atoms with Gasteiger partial charge in [0.15, 0.2) is 0 Å². The van der Waals surface area contributed by atoms with E-state index in [2.05, 4.69) is 37.3 Å². The van der Waals surface area contributed by atoms with Gasteiger partial charge in [-0.25, -0.2) is 0 Å². The second-order valence-electron chi connectivity index (χ2n) is 5.11. The van der Waals surface area contributed by atoms with Gasteiger partial charge in [-0.3, -0.25) is 0 Å². The van der Waals surface area contributed by atoms with Crippen LogP contribution in [0.2, 0.25) is 5.02 Å². The molecule has 1 unspecified atom stereocenters. The second kappa shape index (κ2) is 6.59. The minimum atomic E-state index is -2.39. The average molecular weight is 416 g/mol. The van der Waals surface area contributed by atoms with Crippen molar-refractivity contribution in [2.45, 2.75) is 17.0 Å². The minimum absolute atomic E-state index is 0.287. The summed E-state index contributed by atoms with van der Waals surface area (Å²) < 4.78 is 0.287. The van der Waals surface area contributed by atoms with Gasteiger partial charge in [-0.2, -0.15) is 0 Å². The van der Waals surface area contributed by atoms with Crippen molar-refractivity contribution < 1.29 is 19.4 Å². The van der Waals surface area contributed by atoms with E-state index in [1.165, 1.54) is 22.3 Å². The van der Waals surface area contributed by atoms with Crippen molar-refractivity contribution in [1.29, 1.82) is 0 Å². The van der Waals surface area contributed by atoms with E-state index in [9.17, 15) is 0 Å². The Bertz CT molecular complexity index is 707. The van der Waals surface area contributed by atoms with Crippen LogP contribution >= 0.6 is 28.6 Å². The molecule has 0 aromatic heterocycles. The molecule has 0 nitrogen and oxygen atoms in total. The molecule has 1 aliphatic carbocycles. The van der Waals surface area contributed by atoms with Crippen molar-refractivity contribution >= 4 is 34.7 Å². The van der Waals surface area contributed by atoms with E-state index in [1.54, 1.807) is 0 Å². The molecule has 0 radical (unpaired) electrons. The number of hydrogen-bond acceptors (Lipinski definition) is 0. The molecule has 2 aromatic carbocycles. The predicted octanol–water partition coefficient (Wildman–Crippen LogP) is 6.78. The summed E-state index contributed by atoms with van der Waals surface area (Å²) in [5.41, 5.74) is 6.28. The standard InChI is InChI=1S/C17H14Cl.2ClH.Zr/c1-2-12-9-13-6-4-8-16(17(13)10-12)14-5-3-7-15(18)11-14;;;/h3-11H,2H2,1H3;2*1H;/q;;;+2/p-2. The SMILES string of the molecule is CCC1=Cc2c(-c3cccc(Cl)c3)cccc2[CH]1[Zr]([Cl])[Cl]. The maximum atomic E-state index is 6.41. The summed E-state index contributed by atoms with van der Waals surface area (Å²) in [6, 6.07) is 14.4. The van der Waals surface area contributed by atoms with Crippen LogP contribution in [0.3, 0.4) is 0 Å². The predicted molar refractivity (Wildman–Crippen MR) is 89.6 cm³/mol. The molecule has 107 valence electrons. The molecule has 0 aliphatic heterocycles. The summed E-state index contributed by atoms with van der Waals surface area (Å²) in [5, 5.41) is 0.755. The Morgan fingerprint density at radius 2 is 1.86 bits per heavy atom. The molecule has 1 atom stereocenters. The Morgan fingerprint density at radius 3 is 2.52 bits per heavy atom. The first-order valence-corrected chi connectivity index (χ1v) is 15.0. The van der Waals surface area contributed by atoms with Crippen molar-refractivity contribution in [1.82, 2.24) is 0 Å². The van der Waals surface area contributed by atoms with Crippen molar-refractivity contribution in [3.8, 4) is 11.1 Å². The summed E-state index contributed by atoms with van der Waals surface area (Å²) in [5.74, 6) is 0. The van der Waals surface area contributed by atoms with Crippen LogP contribution in [0.1, 0.15) is 28.1 Å². The second-order valence-corrected chi connectivity index (χ2v) is 14.4. The van der Waals surface area contributed by atoms with Gasteiger partial charge in [-0.15, -0.1) is 0 Å². The fourth-order valence-electron chi connectivity index (χ4n) is 2.94. The quantitative estimate of drug-likeness (QED) is 0.518. The maximum absolute atomic E-state index is 6.41. The zero-order chi connectivity index (χ0) is 15.0. The van der Waals surface area contributed by atoms with E-state index in [0.29, 0.717) is 0 Å². The molecule has 21 heavy (non-hydrogen) atoms. The number of allylic oxidation sites excluding steroid dienone is 1. The number of halogens is 3. The van der Waals surface area contributed by atoms with Crippen LogP contribution in [-0.2, 0) is 19.4 Å². The molecule has 0 saturated carbocycles. The van der Waals surface area contributed by atoms with Gasteiger partial charge < -0.3 is 0 Å². The molecule has 0 fully saturated rings. The Labute approximate surface area is 145 Å². The molecule has 4 heteroatoms. The third-order valence-electron chi connectivity index (χ3n) is 3.91. The first kappa shape index (κ1) is 15.8. The Hall–Kier alpha value is -0.0669. The Balaban J connectivity index is 2.17. The number of hydrogen-bond donors (Lipinski definition) is 0. The van der Waals surface area contributed by atoms with Gasteiger partial charge in [0.2, 0.25) is 0 Å². The van der Waals surface area contributed by atoms with Crippen LogP contribution in [0.15, 0.2) is 48.0 Å². The van der Waals surface area contributed by atoms with Crippen LogP contribution < -0.4 is 0 Å². The normalized spacial score (nSPS) is 16.6. The molecule has 2 aromatic rings. The van der Waals surface area contributed by atoms with Crippen molar-refractivity contribution in [2.24, 2.45) is 0 Å². The molecule has 0 amide bonds. The van der Waals surface area contributed by atoms with Crippen molar-refractivity contribution in [3.63, 3.8) is 0 Å². The summed E-state index contributed by atoms with van der Waals surface area (Å²) in [4.78, 5) is 0. The Kier molecular flexibility index (Phi) is 4.96. The van der Waals surface area contributed by atoms with Gasteiger partial charge in [0.1, 0.15) is 0 Å². The van der Waals surface area contributed by atoms with E-state index in [-0.39, 0.29) is 3.63 Å². The first-order valence-electron chi connectivity index (χ1n) is 6.89. The van der Waals surface area contributed by atoms with E-state index in [0.717, 1.165) is 17.0 Å². The molecule has 0 saturated heterocycles. The number of benzene rings is 2. The van der Waals surface area contributed by atoms with Gasteiger partial charge in [0.25, 0.3) is 0 Å². The molecule has 0 bridgehead atoms. The van der Waals surface area contributed by atoms with Crippen LogP contribution in [0, 0.1) is 0 Å². The molecule has 0 N–H and O–H groups in total. The van der Waals surface area contributed by atoms with Gasteiger partial charge in [-0.05, 0) is 0 Å². The number of fused-ring (bicyclic) bond motifs is 1.